The molecular weight excluding hydrogens is 281 g/mol. The minimum Gasteiger partial charge on any atom is -0.494 e. The molecule has 0 atom stereocenters. The van der Waals surface area contributed by atoms with Gasteiger partial charge in [0.25, 0.3) is 0 Å². The number of benzene rings is 2. The van der Waals surface area contributed by atoms with Gasteiger partial charge in [0, 0.05) is 6.54 Å². The molecule has 0 amide bonds. The smallest absolute Gasteiger partial charge is 0.119 e. The first-order valence-electron chi connectivity index (χ1n) is 6.10. The van der Waals surface area contributed by atoms with Gasteiger partial charge in [-0.3, -0.25) is 0 Å². The van der Waals surface area contributed by atoms with Crippen LogP contribution in [0.25, 0.3) is 0 Å². The number of halogens is 2. The van der Waals surface area contributed by atoms with E-state index in [1.807, 2.05) is 43.3 Å². The summed E-state index contributed by atoms with van der Waals surface area (Å²) in [4.78, 5) is 0. The molecule has 0 unspecified atom stereocenters. The molecule has 2 aromatic carbocycles. The van der Waals surface area contributed by atoms with Gasteiger partial charge >= 0.3 is 0 Å². The van der Waals surface area contributed by atoms with E-state index < -0.39 is 0 Å². The molecule has 0 heterocycles. The maximum atomic E-state index is 6.11. The van der Waals surface area contributed by atoms with Crippen LogP contribution in [0.2, 0.25) is 10.0 Å². The second-order valence-corrected chi connectivity index (χ2v) is 4.82. The zero-order chi connectivity index (χ0) is 13.7. The second-order valence-electron chi connectivity index (χ2n) is 4.03. The lowest BCUT2D eigenvalue weighted by molar-refractivity contribution is 0.340. The molecule has 0 aliphatic rings. The number of anilines is 1. The van der Waals surface area contributed by atoms with E-state index in [1.165, 1.54) is 0 Å². The van der Waals surface area contributed by atoms with E-state index in [1.54, 1.807) is 6.07 Å². The first kappa shape index (κ1) is 14.0. The van der Waals surface area contributed by atoms with Gasteiger partial charge in [0.2, 0.25) is 0 Å². The van der Waals surface area contributed by atoms with E-state index in [2.05, 4.69) is 5.32 Å². The Bertz CT molecular complexity index is 540. The van der Waals surface area contributed by atoms with Crippen molar-refractivity contribution in [1.82, 2.24) is 0 Å². The maximum Gasteiger partial charge on any atom is 0.119 e. The SMILES string of the molecule is CCOc1ccc(CNc2cccc(Cl)c2Cl)cc1. The summed E-state index contributed by atoms with van der Waals surface area (Å²) >= 11 is 12.1. The Balaban J connectivity index is 2.00. The Morgan fingerprint density at radius 3 is 2.47 bits per heavy atom. The van der Waals surface area contributed by atoms with Gasteiger partial charge in [-0.1, -0.05) is 41.4 Å². The highest BCUT2D eigenvalue weighted by Crippen LogP contribution is 2.29. The van der Waals surface area contributed by atoms with E-state index in [4.69, 9.17) is 27.9 Å². The Morgan fingerprint density at radius 2 is 1.79 bits per heavy atom. The molecule has 2 rings (SSSR count). The Labute approximate surface area is 123 Å². The molecular formula is C15H15Cl2NO. The molecule has 0 bridgehead atoms. The summed E-state index contributed by atoms with van der Waals surface area (Å²) in [7, 11) is 0. The second kappa shape index (κ2) is 6.69. The Hall–Kier alpha value is -1.38. The van der Waals surface area contributed by atoms with Crippen molar-refractivity contribution >= 4 is 28.9 Å². The predicted octanol–water partition coefficient (Wildman–Crippen LogP) is 5.00. The van der Waals surface area contributed by atoms with Crippen LogP contribution in [0.3, 0.4) is 0 Å². The van der Waals surface area contributed by atoms with Crippen molar-refractivity contribution in [2.45, 2.75) is 13.5 Å². The molecule has 100 valence electrons. The molecule has 0 aromatic heterocycles. The van der Waals surface area contributed by atoms with Gasteiger partial charge in [0.05, 0.1) is 22.3 Å². The summed E-state index contributed by atoms with van der Waals surface area (Å²) in [6, 6.07) is 13.5. The standard InChI is InChI=1S/C15H15Cl2NO/c1-2-19-12-8-6-11(7-9-12)10-18-14-5-3-4-13(16)15(14)17/h3-9,18H,2,10H2,1H3. The average molecular weight is 296 g/mol. The van der Waals surface area contributed by atoms with Gasteiger partial charge in [0.15, 0.2) is 0 Å². The third-order valence-corrected chi connectivity index (χ3v) is 3.49. The van der Waals surface area contributed by atoms with E-state index >= 15 is 0 Å². The first-order chi connectivity index (χ1) is 9.20. The minimum atomic E-state index is 0.551. The maximum absolute atomic E-state index is 6.11. The topological polar surface area (TPSA) is 21.3 Å². The minimum absolute atomic E-state index is 0.551. The number of hydrogen-bond donors (Lipinski definition) is 1. The third kappa shape index (κ3) is 3.79. The van der Waals surface area contributed by atoms with Gasteiger partial charge in [-0.15, -0.1) is 0 Å². The van der Waals surface area contributed by atoms with Crippen molar-refractivity contribution < 1.29 is 4.74 Å². The van der Waals surface area contributed by atoms with E-state index in [0.29, 0.717) is 23.2 Å². The van der Waals surface area contributed by atoms with Crippen LogP contribution in [0.4, 0.5) is 5.69 Å². The summed E-state index contributed by atoms with van der Waals surface area (Å²) in [5.41, 5.74) is 1.99. The van der Waals surface area contributed by atoms with Crippen LogP contribution >= 0.6 is 23.2 Å². The monoisotopic (exact) mass is 295 g/mol. The fourth-order valence-electron chi connectivity index (χ4n) is 1.71. The fourth-order valence-corrected chi connectivity index (χ4v) is 2.08. The average Bonchev–Trinajstić information content (AvgIpc) is 2.42. The van der Waals surface area contributed by atoms with Crippen LogP contribution in [-0.2, 0) is 6.54 Å². The summed E-state index contributed by atoms with van der Waals surface area (Å²) < 4.78 is 5.40. The molecule has 0 saturated carbocycles. The van der Waals surface area contributed by atoms with Gasteiger partial charge in [-0.2, -0.15) is 0 Å². The number of ether oxygens (including phenoxy) is 1. The van der Waals surface area contributed by atoms with Crippen molar-refractivity contribution in [3.63, 3.8) is 0 Å². The van der Waals surface area contributed by atoms with Crippen molar-refractivity contribution in [2.75, 3.05) is 11.9 Å². The van der Waals surface area contributed by atoms with Crippen LogP contribution in [0, 0.1) is 0 Å². The Kier molecular flexibility index (Phi) is 4.94. The molecule has 4 heteroatoms. The van der Waals surface area contributed by atoms with Crippen LogP contribution in [0.5, 0.6) is 5.75 Å². The third-order valence-electron chi connectivity index (χ3n) is 2.67. The molecule has 19 heavy (non-hydrogen) atoms. The zero-order valence-corrected chi connectivity index (χ0v) is 12.1. The highest BCUT2D eigenvalue weighted by Gasteiger charge is 2.03. The van der Waals surface area contributed by atoms with E-state index in [-0.39, 0.29) is 0 Å². The molecule has 0 aliphatic carbocycles. The van der Waals surface area contributed by atoms with Crippen molar-refractivity contribution in [3.8, 4) is 5.75 Å². The largest absolute Gasteiger partial charge is 0.494 e. The zero-order valence-electron chi connectivity index (χ0n) is 10.6. The fraction of sp³-hybridized carbons (Fsp3) is 0.200. The first-order valence-corrected chi connectivity index (χ1v) is 6.86. The summed E-state index contributed by atoms with van der Waals surface area (Å²) in [6.45, 7) is 3.33. The molecule has 2 nitrogen and oxygen atoms in total. The predicted molar refractivity (Wildman–Crippen MR) is 81.4 cm³/mol. The highest BCUT2D eigenvalue weighted by molar-refractivity contribution is 6.43. The molecule has 0 radical (unpaired) electrons. The van der Waals surface area contributed by atoms with E-state index in [0.717, 1.165) is 17.0 Å². The summed E-state index contributed by atoms with van der Waals surface area (Å²) in [5.74, 6) is 0.882. The quantitative estimate of drug-likeness (QED) is 0.838. The van der Waals surface area contributed by atoms with Gasteiger partial charge < -0.3 is 10.1 Å². The number of rotatable bonds is 5. The van der Waals surface area contributed by atoms with Crippen LogP contribution in [-0.4, -0.2) is 6.61 Å². The van der Waals surface area contributed by atoms with Gasteiger partial charge in [0.1, 0.15) is 5.75 Å². The molecule has 0 aliphatic heterocycles. The molecule has 2 aromatic rings. The Morgan fingerprint density at radius 1 is 1.05 bits per heavy atom. The normalized spacial score (nSPS) is 10.3. The van der Waals surface area contributed by atoms with Crippen molar-refractivity contribution in [1.29, 1.82) is 0 Å². The molecule has 0 spiro atoms. The summed E-state index contributed by atoms with van der Waals surface area (Å²) in [5, 5.41) is 4.37. The van der Waals surface area contributed by atoms with Crippen LogP contribution in [0.1, 0.15) is 12.5 Å². The van der Waals surface area contributed by atoms with Crippen molar-refractivity contribution in [2.24, 2.45) is 0 Å². The number of hydrogen-bond acceptors (Lipinski definition) is 2. The van der Waals surface area contributed by atoms with Gasteiger partial charge in [-0.05, 0) is 36.8 Å². The lowest BCUT2D eigenvalue weighted by Gasteiger charge is -2.10. The highest BCUT2D eigenvalue weighted by atomic mass is 35.5. The lowest BCUT2D eigenvalue weighted by atomic mass is 10.2. The molecule has 1 N–H and O–H groups in total. The van der Waals surface area contributed by atoms with Gasteiger partial charge in [-0.25, -0.2) is 0 Å². The lowest BCUT2D eigenvalue weighted by Crippen LogP contribution is -2.00. The van der Waals surface area contributed by atoms with Crippen molar-refractivity contribution in [3.05, 3.63) is 58.1 Å². The molecule has 0 saturated heterocycles. The number of nitrogens with one attached hydrogen (secondary N) is 1. The molecule has 0 fully saturated rings. The summed E-state index contributed by atoms with van der Waals surface area (Å²) in [6.07, 6.45) is 0. The van der Waals surface area contributed by atoms with E-state index in [9.17, 15) is 0 Å². The van der Waals surface area contributed by atoms with Crippen LogP contribution in [0.15, 0.2) is 42.5 Å². The van der Waals surface area contributed by atoms with Crippen LogP contribution < -0.4 is 10.1 Å².